The topological polar surface area (TPSA) is 82.1 Å². The maximum atomic E-state index is 12.4. The summed E-state index contributed by atoms with van der Waals surface area (Å²) in [6.45, 7) is 5.45. The van der Waals surface area contributed by atoms with Gasteiger partial charge in [-0.15, -0.1) is 0 Å². The number of carbonyl (C=O) groups is 3. The molecule has 0 radical (unpaired) electrons. The molecule has 1 aliphatic carbocycles. The smallest absolute Gasteiger partial charge is 0.410 e. The van der Waals surface area contributed by atoms with Gasteiger partial charge >= 0.3 is 18.0 Å². The van der Waals surface area contributed by atoms with Crippen molar-refractivity contribution in [2.24, 2.45) is 0 Å². The van der Waals surface area contributed by atoms with Crippen LogP contribution >= 0.6 is 0 Å². The van der Waals surface area contributed by atoms with Crippen molar-refractivity contribution in [3.8, 4) is 0 Å². The molecule has 1 amide bonds. The molecule has 1 saturated carbocycles. The SMILES string of the molecule is COC(=O)CCN(C(=O)OC(C)(C)C)C1(CC(=O)OC)CC1. The molecule has 0 N–H and O–H groups in total. The van der Waals surface area contributed by atoms with E-state index in [-0.39, 0.29) is 25.4 Å². The fraction of sp³-hybridized carbons (Fsp3) is 0.800. The molecule has 0 bridgehead atoms. The van der Waals surface area contributed by atoms with Crippen molar-refractivity contribution in [3.63, 3.8) is 0 Å². The number of rotatable bonds is 6. The van der Waals surface area contributed by atoms with E-state index in [1.165, 1.54) is 19.1 Å². The van der Waals surface area contributed by atoms with Crippen molar-refractivity contribution in [2.45, 2.75) is 57.6 Å². The second kappa shape index (κ2) is 6.98. The first kappa shape index (κ1) is 18.3. The Hall–Kier alpha value is -1.79. The number of esters is 2. The van der Waals surface area contributed by atoms with Crippen LogP contribution < -0.4 is 0 Å². The summed E-state index contributed by atoms with van der Waals surface area (Å²) >= 11 is 0. The summed E-state index contributed by atoms with van der Waals surface area (Å²) in [6.07, 6.45) is 0.992. The quantitative estimate of drug-likeness (QED) is 0.550. The highest BCUT2D eigenvalue weighted by Gasteiger charge is 2.52. The molecule has 0 saturated heterocycles. The molecule has 0 spiro atoms. The normalized spacial score (nSPS) is 15.7. The molecule has 1 rings (SSSR count). The lowest BCUT2D eigenvalue weighted by molar-refractivity contribution is -0.142. The van der Waals surface area contributed by atoms with Gasteiger partial charge in [-0.25, -0.2) is 4.79 Å². The van der Waals surface area contributed by atoms with Gasteiger partial charge in [-0.1, -0.05) is 0 Å². The maximum Gasteiger partial charge on any atom is 0.410 e. The number of ether oxygens (including phenoxy) is 3. The van der Waals surface area contributed by atoms with E-state index in [0.717, 1.165) is 0 Å². The van der Waals surface area contributed by atoms with Gasteiger partial charge in [0, 0.05) is 6.54 Å². The van der Waals surface area contributed by atoms with Gasteiger partial charge in [-0.3, -0.25) is 9.59 Å². The van der Waals surface area contributed by atoms with Crippen molar-refractivity contribution in [3.05, 3.63) is 0 Å². The number of carbonyl (C=O) groups excluding carboxylic acids is 3. The van der Waals surface area contributed by atoms with Crippen molar-refractivity contribution < 1.29 is 28.6 Å². The lowest BCUT2D eigenvalue weighted by Gasteiger charge is -2.33. The molecular formula is C15H25NO6. The van der Waals surface area contributed by atoms with Crippen LogP contribution in [-0.4, -0.2) is 54.8 Å². The molecule has 0 aromatic carbocycles. The van der Waals surface area contributed by atoms with E-state index in [2.05, 4.69) is 4.74 Å². The van der Waals surface area contributed by atoms with Gasteiger partial charge < -0.3 is 19.1 Å². The van der Waals surface area contributed by atoms with E-state index >= 15 is 0 Å². The van der Waals surface area contributed by atoms with Gasteiger partial charge in [0.25, 0.3) is 0 Å². The molecular weight excluding hydrogens is 290 g/mol. The number of hydrogen-bond acceptors (Lipinski definition) is 6. The Morgan fingerprint density at radius 1 is 1.05 bits per heavy atom. The van der Waals surface area contributed by atoms with Crippen molar-refractivity contribution >= 4 is 18.0 Å². The average molecular weight is 315 g/mol. The Labute approximate surface area is 130 Å². The number of nitrogens with zero attached hydrogens (tertiary/aromatic N) is 1. The van der Waals surface area contributed by atoms with Gasteiger partial charge in [0.1, 0.15) is 5.60 Å². The highest BCUT2D eigenvalue weighted by Crippen LogP contribution is 2.45. The standard InChI is InChI=1S/C15H25NO6/c1-14(2,3)22-13(19)16(9-6-11(17)20-4)15(7-8-15)10-12(18)21-5/h6-10H2,1-5H3. The van der Waals surface area contributed by atoms with Gasteiger partial charge in [0.15, 0.2) is 0 Å². The van der Waals surface area contributed by atoms with Crippen molar-refractivity contribution in [1.29, 1.82) is 0 Å². The molecule has 1 fully saturated rings. The minimum absolute atomic E-state index is 0.0542. The van der Waals surface area contributed by atoms with E-state index in [0.29, 0.717) is 12.8 Å². The molecule has 0 unspecified atom stereocenters. The first-order valence-electron chi connectivity index (χ1n) is 7.28. The van der Waals surface area contributed by atoms with E-state index in [1.807, 2.05) is 0 Å². The predicted molar refractivity (Wildman–Crippen MR) is 78.2 cm³/mol. The van der Waals surface area contributed by atoms with Gasteiger partial charge in [-0.2, -0.15) is 0 Å². The summed E-state index contributed by atoms with van der Waals surface area (Å²) < 4.78 is 14.7. The van der Waals surface area contributed by atoms with Crippen LogP contribution in [0, 0.1) is 0 Å². The fourth-order valence-electron chi connectivity index (χ4n) is 2.17. The first-order chi connectivity index (χ1) is 10.1. The van der Waals surface area contributed by atoms with Crippen LogP contribution in [0.5, 0.6) is 0 Å². The van der Waals surface area contributed by atoms with Gasteiger partial charge in [0.05, 0.1) is 32.6 Å². The molecule has 7 nitrogen and oxygen atoms in total. The molecule has 0 aromatic rings. The molecule has 0 aromatic heterocycles. The zero-order chi connectivity index (χ0) is 17.0. The fourth-order valence-corrected chi connectivity index (χ4v) is 2.17. The molecule has 0 heterocycles. The summed E-state index contributed by atoms with van der Waals surface area (Å²) in [6, 6.07) is 0. The van der Waals surface area contributed by atoms with Crippen molar-refractivity contribution in [1.82, 2.24) is 4.90 Å². The lowest BCUT2D eigenvalue weighted by atomic mass is 10.1. The van der Waals surface area contributed by atoms with E-state index < -0.39 is 23.2 Å². The monoisotopic (exact) mass is 315 g/mol. The zero-order valence-corrected chi connectivity index (χ0v) is 13.9. The van der Waals surface area contributed by atoms with E-state index in [4.69, 9.17) is 9.47 Å². The predicted octanol–water partition coefficient (Wildman–Crippen LogP) is 1.88. The molecule has 22 heavy (non-hydrogen) atoms. The van der Waals surface area contributed by atoms with Crippen LogP contribution in [0.15, 0.2) is 0 Å². The average Bonchev–Trinajstić information content (AvgIpc) is 3.16. The first-order valence-corrected chi connectivity index (χ1v) is 7.28. The molecule has 7 heteroatoms. The van der Waals surface area contributed by atoms with Crippen LogP contribution in [0.2, 0.25) is 0 Å². The second-order valence-electron chi connectivity index (χ2n) is 6.44. The van der Waals surface area contributed by atoms with E-state index in [1.54, 1.807) is 20.8 Å². The molecule has 0 aliphatic heterocycles. The van der Waals surface area contributed by atoms with Crippen LogP contribution in [0.1, 0.15) is 46.5 Å². The van der Waals surface area contributed by atoms with Crippen LogP contribution in [0.3, 0.4) is 0 Å². The minimum atomic E-state index is -0.651. The summed E-state index contributed by atoms with van der Waals surface area (Å²) in [5, 5.41) is 0. The highest BCUT2D eigenvalue weighted by atomic mass is 16.6. The number of methoxy groups -OCH3 is 2. The number of hydrogen-bond donors (Lipinski definition) is 0. The summed E-state index contributed by atoms with van der Waals surface area (Å²) in [5.41, 5.74) is -1.26. The maximum absolute atomic E-state index is 12.4. The Morgan fingerprint density at radius 3 is 2.00 bits per heavy atom. The van der Waals surface area contributed by atoms with Crippen LogP contribution in [0.4, 0.5) is 4.79 Å². The second-order valence-corrected chi connectivity index (χ2v) is 6.44. The van der Waals surface area contributed by atoms with Gasteiger partial charge in [0.2, 0.25) is 0 Å². The van der Waals surface area contributed by atoms with Crippen LogP contribution in [0.25, 0.3) is 0 Å². The third-order valence-corrected chi connectivity index (χ3v) is 3.48. The van der Waals surface area contributed by atoms with Crippen molar-refractivity contribution in [2.75, 3.05) is 20.8 Å². The molecule has 0 atom stereocenters. The Balaban J connectivity index is 2.84. The Morgan fingerprint density at radius 2 is 1.59 bits per heavy atom. The Kier molecular flexibility index (Phi) is 5.79. The van der Waals surface area contributed by atoms with Gasteiger partial charge in [-0.05, 0) is 33.6 Å². The summed E-state index contributed by atoms with van der Waals surface area (Å²) in [5.74, 6) is -0.799. The van der Waals surface area contributed by atoms with E-state index in [9.17, 15) is 14.4 Å². The highest BCUT2D eigenvalue weighted by molar-refractivity contribution is 5.76. The number of amides is 1. The largest absolute Gasteiger partial charge is 0.469 e. The lowest BCUT2D eigenvalue weighted by Crippen LogP contribution is -2.47. The molecule has 126 valence electrons. The van der Waals surface area contributed by atoms with Crippen LogP contribution in [-0.2, 0) is 23.8 Å². The third kappa shape index (κ3) is 5.20. The minimum Gasteiger partial charge on any atom is -0.469 e. The molecule has 1 aliphatic rings. The Bertz CT molecular complexity index is 436. The summed E-state index contributed by atoms with van der Waals surface area (Å²) in [7, 11) is 2.60. The third-order valence-electron chi connectivity index (χ3n) is 3.48. The summed E-state index contributed by atoms with van der Waals surface area (Å²) in [4.78, 5) is 36.8. The zero-order valence-electron chi connectivity index (χ0n) is 13.9.